The van der Waals surface area contributed by atoms with Crippen molar-refractivity contribution in [2.75, 3.05) is 6.61 Å². The molecular formula is C30H45N3O9. The fourth-order valence-corrected chi connectivity index (χ4v) is 10.00. The Morgan fingerprint density at radius 1 is 1.14 bits per heavy atom. The molecule has 12 atom stereocenters. The predicted octanol–water partition coefficient (Wildman–Crippen LogP) is 1.23. The van der Waals surface area contributed by atoms with Crippen LogP contribution in [-0.4, -0.2) is 87.2 Å². The number of hydrazone groups is 1. The molecule has 1 saturated heterocycles. The average molecular weight is 592 g/mol. The molecule has 0 bridgehead atoms. The summed E-state index contributed by atoms with van der Waals surface area (Å²) in [7, 11) is 0. The fraction of sp³-hybridized carbons (Fsp3) is 0.833. The predicted molar refractivity (Wildman–Crippen MR) is 149 cm³/mol. The van der Waals surface area contributed by atoms with Crippen molar-refractivity contribution < 1.29 is 44.2 Å². The molecule has 6 rings (SSSR count). The van der Waals surface area contributed by atoms with E-state index >= 15 is 0 Å². The van der Waals surface area contributed by atoms with Gasteiger partial charge in [0.1, 0.15) is 12.7 Å². The summed E-state index contributed by atoms with van der Waals surface area (Å²) in [5.74, 6) is -0.495. The van der Waals surface area contributed by atoms with Gasteiger partial charge in [0.05, 0.1) is 29.5 Å². The lowest BCUT2D eigenvalue weighted by Gasteiger charge is -2.66. The topological polar surface area (TPSA) is 193 Å². The van der Waals surface area contributed by atoms with Crippen LogP contribution in [0, 0.1) is 28.6 Å². The molecule has 0 aromatic heterocycles. The molecule has 42 heavy (non-hydrogen) atoms. The number of carbonyl (C=O) groups excluding carboxylic acids is 2. The number of amides is 2. The summed E-state index contributed by atoms with van der Waals surface area (Å²) in [4.78, 5) is 23.4. The van der Waals surface area contributed by atoms with E-state index < -0.39 is 52.7 Å². The van der Waals surface area contributed by atoms with Gasteiger partial charge >= 0.3 is 12.0 Å². The third kappa shape index (κ3) is 4.52. The van der Waals surface area contributed by atoms with E-state index in [0.717, 1.165) is 18.4 Å². The highest BCUT2D eigenvalue weighted by molar-refractivity contribution is 5.85. The molecule has 2 heterocycles. The Balaban J connectivity index is 1.27. The smallest absolute Gasteiger partial charge is 0.332 e. The molecular weight excluding hydrogens is 546 g/mol. The first kappa shape index (κ1) is 30.0. The van der Waals surface area contributed by atoms with Gasteiger partial charge in [0.25, 0.3) is 0 Å². The normalized spacial score (nSPS) is 50.4. The molecule has 12 nitrogen and oxygen atoms in total. The van der Waals surface area contributed by atoms with Gasteiger partial charge in [-0.15, -0.1) is 0 Å². The van der Waals surface area contributed by atoms with E-state index in [1.54, 1.807) is 19.2 Å². The summed E-state index contributed by atoms with van der Waals surface area (Å²) in [6, 6.07) is -0.796. The number of aliphatic hydroxyl groups is 4. The van der Waals surface area contributed by atoms with Crippen LogP contribution < -0.4 is 11.2 Å². The van der Waals surface area contributed by atoms with Crippen LogP contribution in [0.3, 0.4) is 0 Å². The Bertz CT molecular complexity index is 1150. The zero-order valence-corrected chi connectivity index (χ0v) is 24.4. The summed E-state index contributed by atoms with van der Waals surface area (Å²) < 4.78 is 17.3. The SMILES string of the molecule is C[C@@H]1O[C@H](O[C@H]2CC[C@]3(/C=N\NC(N)=O)[C@H]4CC[C@]5(C)[C@@H](C6=CC(=O)OC6)CC[C@]5(O)[C@@H]4CC[C@]3(O)C2)C[C@H](O)[C@H]1O. The maximum atomic E-state index is 12.5. The van der Waals surface area contributed by atoms with Crippen LogP contribution >= 0.6 is 0 Å². The summed E-state index contributed by atoms with van der Waals surface area (Å²) in [5, 5.41) is 49.5. The third-order valence-electron chi connectivity index (χ3n) is 12.1. The molecule has 234 valence electrons. The van der Waals surface area contributed by atoms with Gasteiger partial charge in [0.15, 0.2) is 6.29 Å². The molecule has 2 aliphatic heterocycles. The van der Waals surface area contributed by atoms with Crippen LogP contribution in [0.25, 0.3) is 0 Å². The van der Waals surface area contributed by atoms with E-state index in [9.17, 15) is 30.0 Å². The van der Waals surface area contributed by atoms with Crippen LogP contribution in [-0.2, 0) is 19.0 Å². The number of hydrogen-bond acceptors (Lipinski definition) is 10. The number of urea groups is 1. The second-order valence-corrected chi connectivity index (χ2v) is 13.9. The lowest BCUT2D eigenvalue weighted by atomic mass is 9.41. The number of primary amides is 1. The van der Waals surface area contributed by atoms with E-state index in [2.05, 4.69) is 17.5 Å². The van der Waals surface area contributed by atoms with E-state index in [4.69, 9.17) is 19.9 Å². The molecule has 0 radical (unpaired) electrons. The van der Waals surface area contributed by atoms with Crippen molar-refractivity contribution in [2.24, 2.45) is 39.4 Å². The van der Waals surface area contributed by atoms with Gasteiger partial charge in [0.2, 0.25) is 0 Å². The molecule has 0 spiro atoms. The van der Waals surface area contributed by atoms with Crippen molar-refractivity contribution in [3.63, 3.8) is 0 Å². The first-order valence-electron chi connectivity index (χ1n) is 15.4. The largest absolute Gasteiger partial charge is 0.458 e. The van der Waals surface area contributed by atoms with E-state index in [1.165, 1.54) is 0 Å². The van der Waals surface area contributed by atoms with Crippen LogP contribution in [0.2, 0.25) is 0 Å². The van der Waals surface area contributed by atoms with E-state index in [1.807, 2.05) is 0 Å². The average Bonchev–Trinajstić information content (AvgIpc) is 3.46. The molecule has 12 heteroatoms. The van der Waals surface area contributed by atoms with Crippen molar-refractivity contribution in [3.8, 4) is 0 Å². The van der Waals surface area contributed by atoms with Gasteiger partial charge in [-0.2, -0.15) is 5.10 Å². The molecule has 0 unspecified atom stereocenters. The zero-order chi connectivity index (χ0) is 30.1. The van der Waals surface area contributed by atoms with Crippen LogP contribution in [0.15, 0.2) is 16.8 Å². The number of aliphatic hydroxyl groups excluding tert-OH is 2. The number of nitrogens with zero attached hydrogens (tertiary/aromatic N) is 1. The standard InChI is InChI=1S/C30H45N3O9/c1-16-25(36)22(34)12-24(41-16)42-18-3-8-28(15-32-33-26(31)37)20-4-7-27(2)19(17-11-23(35)40-14-17)6-10-30(27,39)21(20)5-9-29(28,38)13-18/h11,15-16,18-22,24-25,34,36,38-39H,3-10,12-14H2,1-2H3,(H3,31,33,37)/b32-15-/t16-,18-,19+,20-,21+,22-,24+,25-,27+,28-,29-,30-/m0/s1. The number of nitrogens with one attached hydrogen (secondary N) is 1. The monoisotopic (exact) mass is 591 g/mol. The Morgan fingerprint density at radius 3 is 2.60 bits per heavy atom. The van der Waals surface area contributed by atoms with Crippen molar-refractivity contribution in [3.05, 3.63) is 11.6 Å². The van der Waals surface area contributed by atoms with Crippen molar-refractivity contribution in [1.82, 2.24) is 5.43 Å². The molecule has 0 aromatic carbocycles. The summed E-state index contributed by atoms with van der Waals surface area (Å²) in [6.07, 6.45) is 5.06. The molecule has 2 amide bonds. The first-order chi connectivity index (χ1) is 19.8. The second-order valence-electron chi connectivity index (χ2n) is 13.9. The first-order valence-corrected chi connectivity index (χ1v) is 15.4. The maximum Gasteiger partial charge on any atom is 0.332 e. The fourth-order valence-electron chi connectivity index (χ4n) is 10.00. The van der Waals surface area contributed by atoms with Crippen molar-refractivity contribution >= 4 is 18.2 Å². The molecule has 4 saturated carbocycles. The molecule has 6 aliphatic rings. The molecule has 4 aliphatic carbocycles. The van der Waals surface area contributed by atoms with Crippen LogP contribution in [0.4, 0.5) is 4.79 Å². The van der Waals surface area contributed by atoms with E-state index in [-0.39, 0.29) is 42.9 Å². The number of carbonyl (C=O) groups is 2. The van der Waals surface area contributed by atoms with Crippen LogP contribution in [0.5, 0.6) is 0 Å². The second kappa shape index (κ2) is 10.5. The highest BCUT2D eigenvalue weighted by Gasteiger charge is 2.71. The van der Waals surface area contributed by atoms with Gasteiger partial charge in [0, 0.05) is 36.0 Å². The van der Waals surface area contributed by atoms with Gasteiger partial charge in [-0.25, -0.2) is 15.0 Å². The minimum atomic E-state index is -1.23. The van der Waals surface area contributed by atoms with Gasteiger partial charge in [-0.3, -0.25) is 0 Å². The molecule has 7 N–H and O–H groups in total. The number of fused-ring (bicyclic) bond motifs is 5. The highest BCUT2D eigenvalue weighted by Crippen LogP contribution is 2.70. The number of rotatable bonds is 5. The number of nitrogens with two attached hydrogens (primary N) is 1. The Labute approximate surface area is 245 Å². The lowest BCUT2D eigenvalue weighted by molar-refractivity contribution is -0.282. The Kier molecular flexibility index (Phi) is 7.50. The van der Waals surface area contributed by atoms with Crippen molar-refractivity contribution in [1.29, 1.82) is 0 Å². The minimum Gasteiger partial charge on any atom is -0.458 e. The zero-order valence-electron chi connectivity index (χ0n) is 24.4. The lowest BCUT2D eigenvalue weighted by Crippen LogP contribution is -2.69. The van der Waals surface area contributed by atoms with Gasteiger partial charge < -0.3 is 40.4 Å². The third-order valence-corrected chi connectivity index (χ3v) is 12.1. The summed E-state index contributed by atoms with van der Waals surface area (Å²) in [5.41, 5.74) is 5.09. The molecule has 0 aromatic rings. The highest BCUT2D eigenvalue weighted by atomic mass is 16.7. The number of cyclic esters (lactones) is 1. The van der Waals surface area contributed by atoms with E-state index in [0.29, 0.717) is 44.9 Å². The quantitative estimate of drug-likeness (QED) is 0.118. The van der Waals surface area contributed by atoms with Crippen molar-refractivity contribution in [2.45, 2.75) is 120 Å². The number of hydrogen-bond donors (Lipinski definition) is 6. The van der Waals surface area contributed by atoms with Gasteiger partial charge in [-0.05, 0) is 81.6 Å². The van der Waals surface area contributed by atoms with Crippen LogP contribution in [0.1, 0.15) is 78.1 Å². The number of ether oxygens (including phenoxy) is 3. The Morgan fingerprint density at radius 2 is 1.90 bits per heavy atom. The van der Waals surface area contributed by atoms with Gasteiger partial charge in [-0.1, -0.05) is 6.92 Å². The number of esters is 1. The minimum absolute atomic E-state index is 0.0488. The maximum absolute atomic E-state index is 12.5. The molecule has 5 fully saturated rings. The summed E-state index contributed by atoms with van der Waals surface area (Å²) in [6.45, 7) is 4.11. The summed E-state index contributed by atoms with van der Waals surface area (Å²) >= 11 is 0. The Hall–Kier alpha value is -2.09.